The molecular weight excluding hydrogens is 507 g/mol. The molecule has 0 aliphatic heterocycles. The first-order chi connectivity index (χ1) is 17.3. The van der Waals surface area contributed by atoms with Crippen LogP contribution in [0, 0.1) is 17.1 Å². The van der Waals surface area contributed by atoms with Crippen LogP contribution in [-0.4, -0.2) is 31.0 Å². The van der Waals surface area contributed by atoms with E-state index in [1.165, 1.54) is 23.9 Å². The molecule has 0 bridgehead atoms. The first-order valence-corrected chi connectivity index (χ1v) is 12.0. The van der Waals surface area contributed by atoms with Crippen molar-refractivity contribution < 1.29 is 9.13 Å². The highest BCUT2D eigenvalue weighted by atomic mass is 35.5. The SMILES string of the molecule is COc1cc(-c2cc3c(s2)c(=O)n(-c2cncc4cnn(C)c24)c(=O)n3CCCC#N)c(Cl)cc1F. The van der Waals surface area contributed by atoms with Gasteiger partial charge in [-0.1, -0.05) is 11.6 Å². The lowest BCUT2D eigenvalue weighted by atomic mass is 10.1. The van der Waals surface area contributed by atoms with Crippen molar-refractivity contribution in [3.63, 3.8) is 0 Å². The summed E-state index contributed by atoms with van der Waals surface area (Å²) in [5, 5.41) is 14.1. The Balaban J connectivity index is 1.83. The number of aromatic nitrogens is 5. The Morgan fingerprint density at radius 3 is 2.78 bits per heavy atom. The summed E-state index contributed by atoms with van der Waals surface area (Å²) >= 11 is 7.47. The van der Waals surface area contributed by atoms with Gasteiger partial charge >= 0.3 is 5.69 Å². The van der Waals surface area contributed by atoms with E-state index in [2.05, 4.69) is 16.2 Å². The highest BCUT2D eigenvalue weighted by molar-refractivity contribution is 7.22. The average molecular weight is 525 g/mol. The van der Waals surface area contributed by atoms with Crippen LogP contribution in [0.5, 0.6) is 5.75 Å². The van der Waals surface area contributed by atoms with E-state index in [4.69, 9.17) is 21.6 Å². The maximum Gasteiger partial charge on any atom is 0.336 e. The molecule has 0 radical (unpaired) electrons. The molecule has 0 fully saturated rings. The number of ether oxygens (including phenoxy) is 1. The van der Waals surface area contributed by atoms with Gasteiger partial charge in [0.15, 0.2) is 11.6 Å². The Morgan fingerprint density at radius 2 is 2.03 bits per heavy atom. The fourth-order valence-electron chi connectivity index (χ4n) is 4.17. The van der Waals surface area contributed by atoms with E-state index in [9.17, 15) is 14.0 Å². The minimum absolute atomic E-state index is 0.00429. The number of hydrogen-bond donors (Lipinski definition) is 0. The molecule has 0 unspecified atom stereocenters. The third kappa shape index (κ3) is 3.75. The molecule has 4 aromatic heterocycles. The summed E-state index contributed by atoms with van der Waals surface area (Å²) in [4.78, 5) is 32.2. The van der Waals surface area contributed by atoms with Gasteiger partial charge in [-0.3, -0.25) is 19.0 Å². The van der Waals surface area contributed by atoms with Crippen molar-refractivity contribution in [3.05, 3.63) is 68.5 Å². The zero-order valence-corrected chi connectivity index (χ0v) is 20.7. The highest BCUT2D eigenvalue weighted by Crippen LogP contribution is 2.39. The third-order valence-corrected chi connectivity index (χ3v) is 7.32. The van der Waals surface area contributed by atoms with Crippen molar-refractivity contribution in [1.82, 2.24) is 23.9 Å². The topological polar surface area (TPSA) is 108 Å². The molecule has 0 atom stereocenters. The van der Waals surface area contributed by atoms with Crippen LogP contribution in [0.25, 0.3) is 37.2 Å². The Bertz CT molecular complexity index is 1810. The second-order valence-corrected chi connectivity index (χ2v) is 9.45. The van der Waals surface area contributed by atoms with Gasteiger partial charge in [-0.25, -0.2) is 13.8 Å². The number of fused-ring (bicyclic) bond motifs is 2. The van der Waals surface area contributed by atoms with E-state index in [1.54, 1.807) is 30.2 Å². The van der Waals surface area contributed by atoms with Crippen LogP contribution in [0.3, 0.4) is 0 Å². The molecule has 12 heteroatoms. The van der Waals surface area contributed by atoms with Crippen molar-refractivity contribution in [2.24, 2.45) is 7.05 Å². The zero-order chi connectivity index (χ0) is 25.6. The fourth-order valence-corrected chi connectivity index (χ4v) is 5.60. The predicted molar refractivity (Wildman–Crippen MR) is 136 cm³/mol. The molecule has 5 aromatic rings. The summed E-state index contributed by atoms with van der Waals surface area (Å²) in [5.41, 5.74) is 0.666. The van der Waals surface area contributed by atoms with Crippen LogP contribution < -0.4 is 16.0 Å². The molecule has 0 aliphatic carbocycles. The molecule has 0 aliphatic rings. The molecule has 0 saturated heterocycles. The quantitative estimate of drug-likeness (QED) is 0.307. The standard InChI is InChI=1S/C24H18ClFN6O3S/c1-30-21-13(11-29-30)10-28-12-18(21)32-23(33)22-17(31(24(32)34)6-4-3-5-27)9-20(36-22)14-7-19(35-2)16(26)8-15(14)25/h7-12H,3-4,6H2,1-2H3. The number of benzene rings is 1. The Morgan fingerprint density at radius 1 is 1.22 bits per heavy atom. The number of nitriles is 1. The van der Waals surface area contributed by atoms with Crippen molar-refractivity contribution in [2.45, 2.75) is 19.4 Å². The van der Waals surface area contributed by atoms with Crippen LogP contribution >= 0.6 is 22.9 Å². The zero-order valence-electron chi connectivity index (χ0n) is 19.2. The molecule has 0 amide bonds. The molecule has 0 N–H and O–H groups in total. The Hall–Kier alpha value is -4.01. The number of aryl methyl sites for hydroxylation is 2. The third-order valence-electron chi connectivity index (χ3n) is 5.86. The van der Waals surface area contributed by atoms with E-state index in [0.717, 1.165) is 22.0 Å². The van der Waals surface area contributed by atoms with Gasteiger partial charge in [0.1, 0.15) is 4.70 Å². The number of rotatable bonds is 6. The first kappa shape index (κ1) is 23.7. The Labute approximate surface area is 212 Å². The highest BCUT2D eigenvalue weighted by Gasteiger charge is 2.22. The van der Waals surface area contributed by atoms with Crippen LogP contribution in [-0.2, 0) is 13.6 Å². The van der Waals surface area contributed by atoms with Crippen molar-refractivity contribution in [1.29, 1.82) is 5.26 Å². The maximum atomic E-state index is 14.1. The van der Waals surface area contributed by atoms with E-state index >= 15 is 0 Å². The van der Waals surface area contributed by atoms with Crippen LogP contribution in [0.2, 0.25) is 5.02 Å². The van der Waals surface area contributed by atoms with Crippen molar-refractivity contribution in [3.8, 4) is 27.9 Å². The monoisotopic (exact) mass is 524 g/mol. The molecule has 0 spiro atoms. The molecule has 0 saturated carbocycles. The van der Waals surface area contributed by atoms with Gasteiger partial charge in [-0.05, 0) is 24.6 Å². The normalized spacial score (nSPS) is 11.3. The number of unbranched alkanes of at least 4 members (excludes halogenated alkanes) is 1. The van der Waals surface area contributed by atoms with Gasteiger partial charge in [0.05, 0.1) is 47.3 Å². The summed E-state index contributed by atoms with van der Waals surface area (Å²) in [7, 11) is 3.06. The summed E-state index contributed by atoms with van der Waals surface area (Å²) in [5.74, 6) is -0.607. The first-order valence-electron chi connectivity index (χ1n) is 10.8. The number of nitrogens with zero attached hydrogens (tertiary/aromatic N) is 6. The summed E-state index contributed by atoms with van der Waals surface area (Å²) in [6.45, 7) is 0.217. The van der Waals surface area contributed by atoms with Gasteiger partial charge in [-0.15, -0.1) is 11.3 Å². The fraction of sp³-hybridized carbons (Fsp3) is 0.208. The number of methoxy groups -OCH3 is 1. The smallest absolute Gasteiger partial charge is 0.336 e. The lowest BCUT2D eigenvalue weighted by molar-refractivity contribution is 0.387. The second-order valence-electron chi connectivity index (χ2n) is 7.99. The van der Waals surface area contributed by atoms with Gasteiger partial charge < -0.3 is 4.74 Å². The van der Waals surface area contributed by atoms with Crippen LogP contribution in [0.4, 0.5) is 4.39 Å². The molecule has 182 valence electrons. The van der Waals surface area contributed by atoms with Gasteiger partial charge in [-0.2, -0.15) is 10.4 Å². The lowest BCUT2D eigenvalue weighted by Gasteiger charge is -2.12. The Kier molecular flexibility index (Phi) is 6.07. The average Bonchev–Trinajstić information content (AvgIpc) is 3.46. The molecular formula is C24H18ClFN6O3S. The van der Waals surface area contributed by atoms with E-state index in [0.29, 0.717) is 43.7 Å². The molecule has 9 nitrogen and oxygen atoms in total. The summed E-state index contributed by atoms with van der Waals surface area (Å²) < 4.78 is 23.7. The number of halogens is 2. The summed E-state index contributed by atoms with van der Waals surface area (Å²) in [6, 6.07) is 6.36. The van der Waals surface area contributed by atoms with Crippen molar-refractivity contribution in [2.75, 3.05) is 7.11 Å². The largest absolute Gasteiger partial charge is 0.494 e. The molecule has 4 heterocycles. The minimum atomic E-state index is -0.611. The van der Waals surface area contributed by atoms with E-state index < -0.39 is 17.1 Å². The minimum Gasteiger partial charge on any atom is -0.494 e. The van der Waals surface area contributed by atoms with Gasteiger partial charge in [0.2, 0.25) is 0 Å². The summed E-state index contributed by atoms with van der Waals surface area (Å²) in [6.07, 6.45) is 5.31. The van der Waals surface area contributed by atoms with E-state index in [1.807, 2.05) is 0 Å². The van der Waals surface area contributed by atoms with Gasteiger partial charge in [0, 0.05) is 42.0 Å². The van der Waals surface area contributed by atoms with Crippen LogP contribution in [0.1, 0.15) is 12.8 Å². The maximum absolute atomic E-state index is 14.1. The second kappa shape index (κ2) is 9.22. The van der Waals surface area contributed by atoms with E-state index in [-0.39, 0.29) is 23.7 Å². The number of pyridine rings is 1. The number of hydrogen-bond acceptors (Lipinski definition) is 7. The van der Waals surface area contributed by atoms with Crippen LogP contribution in [0.15, 0.2) is 46.4 Å². The molecule has 5 rings (SSSR count). The predicted octanol–water partition coefficient (Wildman–Crippen LogP) is 4.27. The lowest BCUT2D eigenvalue weighted by Crippen LogP contribution is -2.38. The molecule has 36 heavy (non-hydrogen) atoms. The van der Waals surface area contributed by atoms with Gasteiger partial charge in [0.25, 0.3) is 5.56 Å². The van der Waals surface area contributed by atoms with Crippen molar-refractivity contribution >= 4 is 44.1 Å². The molecule has 1 aromatic carbocycles. The number of thiophene rings is 1.